The molecule has 1 fully saturated rings. The summed E-state index contributed by atoms with van der Waals surface area (Å²) in [5.41, 5.74) is 0.966. The SMILES string of the molecule is CC1CCCC1Nc1cccnc1Cl. The minimum atomic E-state index is 0.566. The van der Waals surface area contributed by atoms with Gasteiger partial charge in [0.05, 0.1) is 5.69 Å². The van der Waals surface area contributed by atoms with Crippen LogP contribution < -0.4 is 5.32 Å². The summed E-state index contributed by atoms with van der Waals surface area (Å²) in [6, 6.07) is 4.46. The van der Waals surface area contributed by atoms with Crippen LogP contribution >= 0.6 is 11.6 Å². The molecule has 2 unspecified atom stereocenters. The lowest BCUT2D eigenvalue weighted by molar-refractivity contribution is 0.556. The van der Waals surface area contributed by atoms with E-state index in [4.69, 9.17) is 11.6 Å². The van der Waals surface area contributed by atoms with E-state index in [-0.39, 0.29) is 0 Å². The average molecular weight is 211 g/mol. The van der Waals surface area contributed by atoms with E-state index in [9.17, 15) is 0 Å². The van der Waals surface area contributed by atoms with Crippen LogP contribution in [-0.4, -0.2) is 11.0 Å². The zero-order valence-corrected chi connectivity index (χ0v) is 9.09. The highest BCUT2D eigenvalue weighted by Gasteiger charge is 2.23. The topological polar surface area (TPSA) is 24.9 Å². The second-order valence-corrected chi connectivity index (χ2v) is 4.36. The fourth-order valence-corrected chi connectivity index (χ4v) is 2.23. The maximum absolute atomic E-state index is 5.98. The van der Waals surface area contributed by atoms with Gasteiger partial charge in [0.25, 0.3) is 0 Å². The molecule has 0 radical (unpaired) electrons. The smallest absolute Gasteiger partial charge is 0.152 e. The predicted molar refractivity (Wildman–Crippen MR) is 59.7 cm³/mol. The number of aromatic nitrogens is 1. The summed E-state index contributed by atoms with van der Waals surface area (Å²) >= 11 is 5.98. The quantitative estimate of drug-likeness (QED) is 0.758. The third kappa shape index (κ3) is 2.01. The molecule has 2 rings (SSSR count). The monoisotopic (exact) mass is 210 g/mol. The van der Waals surface area contributed by atoms with Crippen LogP contribution in [0.1, 0.15) is 26.2 Å². The lowest BCUT2D eigenvalue weighted by Gasteiger charge is -2.18. The Hall–Kier alpha value is -0.760. The Labute approximate surface area is 89.7 Å². The molecule has 1 aliphatic carbocycles. The molecule has 0 aliphatic heterocycles. The molecule has 0 aromatic carbocycles. The Kier molecular flexibility index (Phi) is 2.92. The van der Waals surface area contributed by atoms with Crippen molar-refractivity contribution in [2.75, 3.05) is 5.32 Å². The highest BCUT2D eigenvalue weighted by atomic mass is 35.5. The molecule has 0 spiro atoms. The van der Waals surface area contributed by atoms with Crippen LogP contribution in [-0.2, 0) is 0 Å². The Morgan fingerprint density at radius 3 is 3.00 bits per heavy atom. The molecule has 0 bridgehead atoms. The zero-order valence-electron chi connectivity index (χ0n) is 8.33. The Morgan fingerprint density at radius 2 is 2.36 bits per heavy atom. The average Bonchev–Trinajstić information content (AvgIpc) is 2.56. The van der Waals surface area contributed by atoms with Gasteiger partial charge in [0, 0.05) is 12.2 Å². The first-order valence-corrected chi connectivity index (χ1v) is 5.52. The normalized spacial score (nSPS) is 26.4. The minimum Gasteiger partial charge on any atom is -0.380 e. The summed E-state index contributed by atoms with van der Waals surface area (Å²) in [5, 5.41) is 4.04. The second kappa shape index (κ2) is 4.18. The van der Waals surface area contributed by atoms with Gasteiger partial charge in [-0.1, -0.05) is 24.9 Å². The first kappa shape index (κ1) is 9.78. The molecule has 2 nitrogen and oxygen atoms in total. The first-order chi connectivity index (χ1) is 6.77. The van der Waals surface area contributed by atoms with E-state index in [1.807, 2.05) is 12.1 Å². The molecular formula is C11H15ClN2. The lowest BCUT2D eigenvalue weighted by Crippen LogP contribution is -2.21. The molecule has 1 heterocycles. The molecule has 1 aromatic rings. The van der Waals surface area contributed by atoms with Crippen LogP contribution in [0.4, 0.5) is 5.69 Å². The van der Waals surface area contributed by atoms with Crippen LogP contribution in [0.25, 0.3) is 0 Å². The van der Waals surface area contributed by atoms with Crippen molar-refractivity contribution < 1.29 is 0 Å². The van der Waals surface area contributed by atoms with E-state index in [0.29, 0.717) is 11.2 Å². The third-order valence-corrected chi connectivity index (χ3v) is 3.26. The Bertz CT molecular complexity index is 314. The molecule has 3 heteroatoms. The number of rotatable bonds is 2. The number of hydrogen-bond donors (Lipinski definition) is 1. The largest absolute Gasteiger partial charge is 0.380 e. The van der Waals surface area contributed by atoms with Crippen LogP contribution in [0.3, 0.4) is 0 Å². The van der Waals surface area contributed by atoms with Crippen molar-refractivity contribution in [3.8, 4) is 0 Å². The van der Waals surface area contributed by atoms with Gasteiger partial charge in [0.15, 0.2) is 5.15 Å². The molecule has 1 saturated carbocycles. The van der Waals surface area contributed by atoms with Crippen LogP contribution in [0.2, 0.25) is 5.15 Å². The van der Waals surface area contributed by atoms with E-state index in [0.717, 1.165) is 11.6 Å². The van der Waals surface area contributed by atoms with Crippen molar-refractivity contribution in [2.45, 2.75) is 32.2 Å². The van der Waals surface area contributed by atoms with E-state index in [1.165, 1.54) is 19.3 Å². The van der Waals surface area contributed by atoms with E-state index in [2.05, 4.69) is 17.2 Å². The number of pyridine rings is 1. The predicted octanol–water partition coefficient (Wildman–Crippen LogP) is 3.34. The van der Waals surface area contributed by atoms with Crippen molar-refractivity contribution in [1.29, 1.82) is 0 Å². The summed E-state index contributed by atoms with van der Waals surface area (Å²) in [7, 11) is 0. The number of nitrogens with zero attached hydrogens (tertiary/aromatic N) is 1. The van der Waals surface area contributed by atoms with Crippen molar-refractivity contribution in [3.63, 3.8) is 0 Å². The Morgan fingerprint density at radius 1 is 1.50 bits per heavy atom. The van der Waals surface area contributed by atoms with Gasteiger partial charge in [0.1, 0.15) is 0 Å². The highest BCUT2D eigenvalue weighted by molar-refractivity contribution is 6.31. The van der Waals surface area contributed by atoms with Gasteiger partial charge in [-0.15, -0.1) is 0 Å². The van der Waals surface area contributed by atoms with E-state index in [1.54, 1.807) is 6.20 Å². The van der Waals surface area contributed by atoms with Gasteiger partial charge in [-0.05, 0) is 30.9 Å². The number of halogens is 1. The molecule has 76 valence electrons. The number of nitrogens with one attached hydrogen (secondary N) is 1. The van der Waals surface area contributed by atoms with Gasteiger partial charge in [-0.25, -0.2) is 4.98 Å². The summed E-state index contributed by atoms with van der Waals surface area (Å²) < 4.78 is 0. The highest BCUT2D eigenvalue weighted by Crippen LogP contribution is 2.29. The van der Waals surface area contributed by atoms with E-state index < -0.39 is 0 Å². The van der Waals surface area contributed by atoms with Gasteiger partial charge in [-0.2, -0.15) is 0 Å². The molecule has 0 amide bonds. The summed E-state index contributed by atoms with van der Waals surface area (Å²) in [6.45, 7) is 2.29. The van der Waals surface area contributed by atoms with Gasteiger partial charge >= 0.3 is 0 Å². The molecular weight excluding hydrogens is 196 g/mol. The maximum atomic E-state index is 5.98. The third-order valence-electron chi connectivity index (χ3n) is 2.96. The molecule has 0 saturated heterocycles. The first-order valence-electron chi connectivity index (χ1n) is 5.14. The Balaban J connectivity index is 2.07. The molecule has 2 atom stereocenters. The van der Waals surface area contributed by atoms with Gasteiger partial charge in [0.2, 0.25) is 0 Å². The van der Waals surface area contributed by atoms with Crippen molar-refractivity contribution in [3.05, 3.63) is 23.5 Å². The van der Waals surface area contributed by atoms with Gasteiger partial charge in [-0.3, -0.25) is 0 Å². The molecule has 1 aromatic heterocycles. The van der Waals surface area contributed by atoms with Crippen molar-refractivity contribution in [2.24, 2.45) is 5.92 Å². The van der Waals surface area contributed by atoms with Crippen molar-refractivity contribution in [1.82, 2.24) is 4.98 Å². The molecule has 14 heavy (non-hydrogen) atoms. The standard InChI is InChI=1S/C11H15ClN2/c1-8-4-2-5-9(8)14-10-6-3-7-13-11(10)12/h3,6-9,14H,2,4-5H2,1H3. The summed E-state index contributed by atoms with van der Waals surface area (Å²) in [5.74, 6) is 0.742. The minimum absolute atomic E-state index is 0.566. The summed E-state index contributed by atoms with van der Waals surface area (Å²) in [4.78, 5) is 4.05. The fourth-order valence-electron chi connectivity index (χ4n) is 2.05. The fraction of sp³-hybridized carbons (Fsp3) is 0.545. The van der Waals surface area contributed by atoms with Crippen LogP contribution in [0, 0.1) is 5.92 Å². The number of hydrogen-bond acceptors (Lipinski definition) is 2. The number of anilines is 1. The van der Waals surface area contributed by atoms with Crippen molar-refractivity contribution >= 4 is 17.3 Å². The second-order valence-electron chi connectivity index (χ2n) is 4.00. The maximum Gasteiger partial charge on any atom is 0.152 e. The molecule has 1 N–H and O–H groups in total. The molecule has 1 aliphatic rings. The zero-order chi connectivity index (χ0) is 9.97. The lowest BCUT2D eigenvalue weighted by atomic mass is 10.1. The van der Waals surface area contributed by atoms with E-state index >= 15 is 0 Å². The van der Waals surface area contributed by atoms with Crippen LogP contribution in [0.5, 0.6) is 0 Å². The summed E-state index contributed by atoms with van der Waals surface area (Å²) in [6.07, 6.45) is 5.59. The van der Waals surface area contributed by atoms with Gasteiger partial charge < -0.3 is 5.32 Å². The van der Waals surface area contributed by atoms with Crippen LogP contribution in [0.15, 0.2) is 18.3 Å².